The van der Waals surface area contributed by atoms with Gasteiger partial charge in [-0.2, -0.15) is 0 Å². The highest BCUT2D eigenvalue weighted by molar-refractivity contribution is 5.99. The minimum atomic E-state index is -1.20. The van der Waals surface area contributed by atoms with Crippen LogP contribution in [0.4, 0.5) is 10.5 Å². The third-order valence-corrected chi connectivity index (χ3v) is 6.06. The van der Waals surface area contributed by atoms with Crippen LogP contribution in [0.1, 0.15) is 71.4 Å². The van der Waals surface area contributed by atoms with Crippen LogP contribution in [-0.4, -0.2) is 59.1 Å². The SMILES string of the molecule is CCCCCN(C(=O)C(CCC(N)=O)NC(=O)OC(C)(C)C)C(C(=O)Nc1ccc(OC)cc1)c1cccc(O)c1. The lowest BCUT2D eigenvalue weighted by Crippen LogP contribution is -2.52. The molecule has 0 aliphatic heterocycles. The van der Waals surface area contributed by atoms with Gasteiger partial charge in [0.2, 0.25) is 11.8 Å². The molecule has 0 bridgehead atoms. The van der Waals surface area contributed by atoms with Crippen LogP contribution in [0.5, 0.6) is 11.5 Å². The van der Waals surface area contributed by atoms with E-state index in [2.05, 4.69) is 10.6 Å². The summed E-state index contributed by atoms with van der Waals surface area (Å²) in [5.41, 5.74) is 5.37. The molecule has 0 aromatic heterocycles. The minimum Gasteiger partial charge on any atom is -0.508 e. The van der Waals surface area contributed by atoms with E-state index in [-0.39, 0.29) is 25.1 Å². The van der Waals surface area contributed by atoms with Gasteiger partial charge in [0.05, 0.1) is 7.11 Å². The Hall–Kier alpha value is -4.28. The predicted octanol–water partition coefficient (Wildman–Crippen LogP) is 4.26. The molecule has 41 heavy (non-hydrogen) atoms. The van der Waals surface area contributed by atoms with Crippen LogP contribution in [0, 0.1) is 0 Å². The summed E-state index contributed by atoms with van der Waals surface area (Å²) in [6.45, 7) is 7.24. The smallest absolute Gasteiger partial charge is 0.408 e. The monoisotopic (exact) mass is 570 g/mol. The number of primary amides is 1. The Labute approximate surface area is 241 Å². The molecule has 2 atom stereocenters. The highest BCUT2D eigenvalue weighted by Gasteiger charge is 2.36. The molecule has 11 nitrogen and oxygen atoms in total. The van der Waals surface area contributed by atoms with E-state index >= 15 is 0 Å². The summed E-state index contributed by atoms with van der Waals surface area (Å²) in [4.78, 5) is 53.6. The van der Waals surface area contributed by atoms with Crippen molar-refractivity contribution < 1.29 is 33.8 Å². The Morgan fingerprint density at radius 2 is 1.73 bits per heavy atom. The summed E-state index contributed by atoms with van der Waals surface area (Å²) in [5.74, 6) is -1.24. The van der Waals surface area contributed by atoms with E-state index < -0.39 is 41.5 Å². The van der Waals surface area contributed by atoms with E-state index in [1.165, 1.54) is 24.1 Å². The molecule has 11 heteroatoms. The highest BCUT2D eigenvalue weighted by atomic mass is 16.6. The lowest BCUT2D eigenvalue weighted by atomic mass is 10.0. The maximum absolute atomic E-state index is 14.1. The quantitative estimate of drug-likeness (QED) is 0.247. The maximum Gasteiger partial charge on any atom is 0.408 e. The molecule has 0 saturated heterocycles. The fourth-order valence-corrected chi connectivity index (χ4v) is 4.15. The van der Waals surface area contributed by atoms with Gasteiger partial charge in [-0.1, -0.05) is 31.9 Å². The van der Waals surface area contributed by atoms with Crippen molar-refractivity contribution in [2.75, 3.05) is 19.0 Å². The number of phenols is 1. The average Bonchev–Trinajstić information content (AvgIpc) is 2.89. The zero-order valence-electron chi connectivity index (χ0n) is 24.4. The number of phenolic OH excluding ortho intramolecular Hbond substituents is 1. The zero-order chi connectivity index (χ0) is 30.6. The number of alkyl carbamates (subject to hydrolysis) is 1. The predicted molar refractivity (Wildman–Crippen MR) is 155 cm³/mol. The number of rotatable bonds is 14. The Kier molecular flexibility index (Phi) is 12.4. The van der Waals surface area contributed by atoms with Crippen molar-refractivity contribution in [2.45, 2.75) is 77.5 Å². The molecule has 0 spiro atoms. The second kappa shape index (κ2) is 15.5. The maximum atomic E-state index is 14.1. The number of hydrogen-bond acceptors (Lipinski definition) is 7. The standard InChI is InChI=1S/C30H42N4O7/c1-6-7-8-18-34(28(38)24(16-17-25(31)36)33-29(39)41-30(2,3)4)26(20-10-9-11-22(35)19-20)27(37)32-21-12-14-23(40-5)15-13-21/h9-15,19,24,26,35H,6-8,16-18H2,1-5H3,(H2,31,36)(H,32,37)(H,33,39). The van der Waals surface area contributed by atoms with Crippen LogP contribution >= 0.6 is 0 Å². The number of carbonyl (C=O) groups excluding carboxylic acids is 4. The second-order valence-electron chi connectivity index (χ2n) is 10.7. The molecule has 0 aliphatic carbocycles. The summed E-state index contributed by atoms with van der Waals surface area (Å²) in [5, 5.41) is 15.6. The number of amides is 4. The summed E-state index contributed by atoms with van der Waals surface area (Å²) >= 11 is 0. The van der Waals surface area contributed by atoms with Crippen molar-refractivity contribution in [3.05, 3.63) is 54.1 Å². The van der Waals surface area contributed by atoms with Crippen molar-refractivity contribution >= 4 is 29.5 Å². The summed E-state index contributed by atoms with van der Waals surface area (Å²) in [7, 11) is 1.53. The first-order chi connectivity index (χ1) is 19.3. The summed E-state index contributed by atoms with van der Waals surface area (Å²) in [6, 6.07) is 10.4. The molecule has 0 radical (unpaired) electrons. The summed E-state index contributed by atoms with van der Waals surface area (Å²) < 4.78 is 10.5. The summed E-state index contributed by atoms with van der Waals surface area (Å²) in [6.07, 6.45) is 1.10. The molecule has 4 amide bonds. The Bertz CT molecular complexity index is 1180. The third-order valence-electron chi connectivity index (χ3n) is 6.06. The van der Waals surface area contributed by atoms with Crippen LogP contribution in [0.2, 0.25) is 0 Å². The topological polar surface area (TPSA) is 160 Å². The van der Waals surface area contributed by atoms with Gasteiger partial charge in [0, 0.05) is 18.7 Å². The van der Waals surface area contributed by atoms with Crippen LogP contribution in [0.3, 0.4) is 0 Å². The molecule has 2 aromatic rings. The van der Waals surface area contributed by atoms with Crippen molar-refractivity contribution in [3.63, 3.8) is 0 Å². The van der Waals surface area contributed by atoms with E-state index in [1.807, 2.05) is 6.92 Å². The first kappa shape index (κ1) is 32.9. The van der Waals surface area contributed by atoms with E-state index in [9.17, 15) is 24.3 Å². The van der Waals surface area contributed by atoms with Crippen molar-refractivity contribution in [3.8, 4) is 11.5 Å². The Morgan fingerprint density at radius 1 is 1.05 bits per heavy atom. The average molecular weight is 571 g/mol. The lowest BCUT2D eigenvalue weighted by Gasteiger charge is -2.34. The second-order valence-corrected chi connectivity index (χ2v) is 10.7. The van der Waals surface area contributed by atoms with Crippen LogP contribution in [0.15, 0.2) is 48.5 Å². The van der Waals surface area contributed by atoms with Gasteiger partial charge in [-0.05, 0) is 75.6 Å². The number of carbonyl (C=O) groups is 4. The molecule has 2 rings (SSSR count). The number of aromatic hydroxyl groups is 1. The first-order valence-electron chi connectivity index (χ1n) is 13.7. The zero-order valence-corrected chi connectivity index (χ0v) is 24.4. The van der Waals surface area contributed by atoms with Gasteiger partial charge in [0.1, 0.15) is 29.2 Å². The Morgan fingerprint density at radius 3 is 2.29 bits per heavy atom. The third kappa shape index (κ3) is 11.0. The number of methoxy groups -OCH3 is 1. The molecular formula is C30H42N4O7. The number of nitrogens with two attached hydrogens (primary N) is 1. The van der Waals surface area contributed by atoms with E-state index in [1.54, 1.807) is 57.2 Å². The number of anilines is 1. The lowest BCUT2D eigenvalue weighted by molar-refractivity contribution is -0.141. The normalized spacial score (nSPS) is 12.5. The number of hydrogen-bond donors (Lipinski definition) is 4. The highest BCUT2D eigenvalue weighted by Crippen LogP contribution is 2.28. The molecule has 0 aliphatic rings. The van der Waals surface area contributed by atoms with Gasteiger partial charge in [-0.3, -0.25) is 14.4 Å². The largest absolute Gasteiger partial charge is 0.508 e. The molecule has 2 aromatic carbocycles. The number of benzene rings is 2. The van der Waals surface area contributed by atoms with E-state index in [4.69, 9.17) is 15.2 Å². The molecule has 0 fully saturated rings. The van der Waals surface area contributed by atoms with Crippen molar-refractivity contribution in [1.29, 1.82) is 0 Å². The van der Waals surface area contributed by atoms with Crippen LogP contribution in [0.25, 0.3) is 0 Å². The fourth-order valence-electron chi connectivity index (χ4n) is 4.15. The van der Waals surface area contributed by atoms with Gasteiger partial charge in [-0.15, -0.1) is 0 Å². The van der Waals surface area contributed by atoms with E-state index in [0.717, 1.165) is 12.8 Å². The first-order valence-corrected chi connectivity index (χ1v) is 13.7. The molecule has 0 saturated carbocycles. The van der Waals surface area contributed by atoms with Crippen molar-refractivity contribution in [2.24, 2.45) is 5.73 Å². The molecule has 0 heterocycles. The van der Waals surface area contributed by atoms with Crippen LogP contribution in [-0.2, 0) is 19.1 Å². The number of nitrogens with zero attached hydrogens (tertiary/aromatic N) is 1. The van der Waals surface area contributed by atoms with Gasteiger partial charge in [0.15, 0.2) is 0 Å². The number of ether oxygens (including phenoxy) is 2. The molecule has 2 unspecified atom stereocenters. The minimum absolute atomic E-state index is 0.0807. The number of nitrogens with one attached hydrogen (secondary N) is 2. The fraction of sp³-hybridized carbons (Fsp3) is 0.467. The van der Waals surface area contributed by atoms with Gasteiger partial charge in [0.25, 0.3) is 5.91 Å². The molecule has 224 valence electrons. The van der Waals surface area contributed by atoms with Gasteiger partial charge < -0.3 is 35.8 Å². The van der Waals surface area contributed by atoms with Gasteiger partial charge >= 0.3 is 6.09 Å². The van der Waals surface area contributed by atoms with E-state index in [0.29, 0.717) is 23.4 Å². The molecule has 5 N–H and O–H groups in total. The molecular weight excluding hydrogens is 528 g/mol. The van der Waals surface area contributed by atoms with Gasteiger partial charge in [-0.25, -0.2) is 4.79 Å². The number of unbranched alkanes of at least 4 members (excludes halogenated alkanes) is 2. The van der Waals surface area contributed by atoms with Crippen LogP contribution < -0.4 is 21.1 Å². The van der Waals surface area contributed by atoms with Crippen molar-refractivity contribution in [1.82, 2.24) is 10.2 Å². The Balaban J connectivity index is 2.53.